The maximum absolute atomic E-state index is 12.3. The van der Waals surface area contributed by atoms with Crippen molar-refractivity contribution < 1.29 is 14.6 Å². The Kier molecular flexibility index (Phi) is 5.57. The zero-order valence-corrected chi connectivity index (χ0v) is 11.7. The zero-order chi connectivity index (χ0) is 13.7. The minimum Gasteiger partial charge on any atom is -0.394 e. The van der Waals surface area contributed by atoms with Gasteiger partial charge in [-0.2, -0.15) is 0 Å². The van der Waals surface area contributed by atoms with E-state index in [1.54, 1.807) is 0 Å². The van der Waals surface area contributed by atoms with Gasteiger partial charge in [0, 0.05) is 26.2 Å². The van der Waals surface area contributed by atoms with E-state index in [1.165, 1.54) is 0 Å². The van der Waals surface area contributed by atoms with Gasteiger partial charge in [-0.15, -0.1) is 0 Å². The third-order valence-electron chi connectivity index (χ3n) is 3.67. The highest BCUT2D eigenvalue weighted by molar-refractivity contribution is 5.78. The van der Waals surface area contributed by atoms with Crippen LogP contribution in [-0.4, -0.2) is 85.4 Å². The van der Waals surface area contributed by atoms with E-state index in [-0.39, 0.29) is 24.7 Å². The summed E-state index contributed by atoms with van der Waals surface area (Å²) < 4.78 is 5.56. The predicted molar refractivity (Wildman–Crippen MR) is 71.9 cm³/mol. The maximum atomic E-state index is 12.3. The van der Waals surface area contributed by atoms with Crippen LogP contribution in [0.4, 0.5) is 0 Å². The van der Waals surface area contributed by atoms with E-state index in [1.807, 2.05) is 11.8 Å². The standard InChI is InChI=1S/C13H25N3O3/c1-11-7-16(8-12(10-17)19-11)13(18)9-15-5-2-3-14-4-6-15/h11-12,14,17H,2-10H2,1H3. The lowest BCUT2D eigenvalue weighted by Gasteiger charge is -2.37. The van der Waals surface area contributed by atoms with Crippen molar-refractivity contribution in [3.8, 4) is 0 Å². The highest BCUT2D eigenvalue weighted by Crippen LogP contribution is 2.11. The van der Waals surface area contributed by atoms with Crippen LogP contribution in [0.15, 0.2) is 0 Å². The van der Waals surface area contributed by atoms with Crippen molar-refractivity contribution in [1.82, 2.24) is 15.1 Å². The molecule has 2 atom stereocenters. The molecule has 1 amide bonds. The Morgan fingerprint density at radius 2 is 2.21 bits per heavy atom. The molecule has 0 bridgehead atoms. The molecule has 110 valence electrons. The second-order valence-electron chi connectivity index (χ2n) is 5.43. The van der Waals surface area contributed by atoms with Crippen LogP contribution < -0.4 is 5.32 Å². The number of hydrogen-bond acceptors (Lipinski definition) is 5. The zero-order valence-electron chi connectivity index (χ0n) is 11.7. The minimum absolute atomic E-state index is 0.000602. The lowest BCUT2D eigenvalue weighted by molar-refractivity contribution is -0.148. The van der Waals surface area contributed by atoms with Gasteiger partial charge in [0.15, 0.2) is 0 Å². The molecule has 0 aromatic carbocycles. The van der Waals surface area contributed by atoms with Crippen molar-refractivity contribution in [1.29, 1.82) is 0 Å². The Balaban J connectivity index is 1.84. The third-order valence-corrected chi connectivity index (χ3v) is 3.67. The number of carbonyl (C=O) groups excluding carboxylic acids is 1. The lowest BCUT2D eigenvalue weighted by atomic mass is 10.2. The van der Waals surface area contributed by atoms with Gasteiger partial charge in [0.2, 0.25) is 5.91 Å². The summed E-state index contributed by atoms with van der Waals surface area (Å²) in [7, 11) is 0. The van der Waals surface area contributed by atoms with Crippen molar-refractivity contribution in [3.63, 3.8) is 0 Å². The van der Waals surface area contributed by atoms with Gasteiger partial charge in [-0.1, -0.05) is 0 Å². The first-order chi connectivity index (χ1) is 9.19. The Morgan fingerprint density at radius 3 is 3.00 bits per heavy atom. The van der Waals surface area contributed by atoms with Crippen LogP contribution in [0.5, 0.6) is 0 Å². The van der Waals surface area contributed by atoms with Gasteiger partial charge in [0.25, 0.3) is 0 Å². The second kappa shape index (κ2) is 7.19. The van der Waals surface area contributed by atoms with Gasteiger partial charge >= 0.3 is 0 Å². The third kappa shape index (κ3) is 4.42. The SMILES string of the molecule is CC1CN(C(=O)CN2CCCNCC2)CC(CO)O1. The molecule has 0 saturated carbocycles. The number of rotatable bonds is 3. The van der Waals surface area contributed by atoms with Gasteiger partial charge in [-0.25, -0.2) is 0 Å². The molecule has 2 unspecified atom stereocenters. The average molecular weight is 271 g/mol. The van der Waals surface area contributed by atoms with Crippen LogP contribution in [0.1, 0.15) is 13.3 Å². The van der Waals surface area contributed by atoms with Crippen molar-refractivity contribution in [2.45, 2.75) is 25.6 Å². The van der Waals surface area contributed by atoms with Crippen molar-refractivity contribution in [3.05, 3.63) is 0 Å². The number of aliphatic hydroxyl groups excluding tert-OH is 1. The first kappa shape index (κ1) is 14.7. The van der Waals surface area contributed by atoms with Crippen LogP contribution in [-0.2, 0) is 9.53 Å². The number of amides is 1. The molecule has 0 radical (unpaired) electrons. The fraction of sp³-hybridized carbons (Fsp3) is 0.923. The summed E-state index contributed by atoms with van der Waals surface area (Å²) in [4.78, 5) is 16.3. The van der Waals surface area contributed by atoms with E-state index >= 15 is 0 Å². The van der Waals surface area contributed by atoms with Crippen LogP contribution >= 0.6 is 0 Å². The summed E-state index contributed by atoms with van der Waals surface area (Å²) in [5.74, 6) is 0.149. The highest BCUT2D eigenvalue weighted by atomic mass is 16.5. The Bertz CT molecular complexity index is 293. The molecule has 19 heavy (non-hydrogen) atoms. The van der Waals surface area contributed by atoms with Gasteiger partial charge in [-0.05, 0) is 26.4 Å². The summed E-state index contributed by atoms with van der Waals surface area (Å²) >= 11 is 0. The Labute approximate surface area is 114 Å². The van der Waals surface area contributed by atoms with E-state index < -0.39 is 0 Å². The summed E-state index contributed by atoms with van der Waals surface area (Å²) in [6.45, 7) is 7.41. The molecule has 0 aromatic rings. The number of aliphatic hydroxyl groups is 1. The van der Waals surface area contributed by atoms with E-state index in [0.717, 1.165) is 32.6 Å². The summed E-state index contributed by atoms with van der Waals surface area (Å²) in [5, 5.41) is 12.5. The summed E-state index contributed by atoms with van der Waals surface area (Å²) in [6.07, 6.45) is 0.852. The maximum Gasteiger partial charge on any atom is 0.236 e. The molecule has 2 rings (SSSR count). The quantitative estimate of drug-likeness (QED) is 0.681. The van der Waals surface area contributed by atoms with Gasteiger partial charge in [0.05, 0.1) is 25.4 Å². The van der Waals surface area contributed by atoms with Crippen molar-refractivity contribution in [2.75, 3.05) is 52.4 Å². The molecule has 0 aromatic heterocycles. The van der Waals surface area contributed by atoms with Crippen LogP contribution in [0, 0.1) is 0 Å². The molecule has 6 heteroatoms. The number of morpholine rings is 1. The molecule has 2 saturated heterocycles. The molecular weight excluding hydrogens is 246 g/mol. The average Bonchev–Trinajstić information content (AvgIpc) is 2.66. The molecule has 2 fully saturated rings. The lowest BCUT2D eigenvalue weighted by Crippen LogP contribution is -2.52. The molecule has 0 aliphatic carbocycles. The number of nitrogens with zero attached hydrogens (tertiary/aromatic N) is 2. The number of nitrogens with one attached hydrogen (secondary N) is 1. The largest absolute Gasteiger partial charge is 0.394 e. The Morgan fingerprint density at radius 1 is 1.37 bits per heavy atom. The topological polar surface area (TPSA) is 65.0 Å². The Hall–Kier alpha value is -0.690. The first-order valence-electron chi connectivity index (χ1n) is 7.16. The molecule has 6 nitrogen and oxygen atoms in total. The molecule has 2 N–H and O–H groups in total. The minimum atomic E-state index is -0.237. The van der Waals surface area contributed by atoms with E-state index in [4.69, 9.17) is 4.74 Å². The fourth-order valence-electron chi connectivity index (χ4n) is 2.70. The second-order valence-corrected chi connectivity index (χ2v) is 5.43. The van der Waals surface area contributed by atoms with E-state index in [0.29, 0.717) is 19.6 Å². The highest BCUT2D eigenvalue weighted by Gasteiger charge is 2.28. The molecule has 2 aliphatic rings. The fourth-order valence-corrected chi connectivity index (χ4v) is 2.70. The smallest absolute Gasteiger partial charge is 0.236 e. The summed E-state index contributed by atoms with van der Waals surface area (Å²) in [6, 6.07) is 0. The number of carbonyl (C=O) groups is 1. The normalized spacial score (nSPS) is 30.1. The molecule has 2 aliphatic heterocycles. The van der Waals surface area contributed by atoms with Crippen molar-refractivity contribution >= 4 is 5.91 Å². The van der Waals surface area contributed by atoms with Gasteiger partial charge in [0.1, 0.15) is 0 Å². The first-order valence-corrected chi connectivity index (χ1v) is 7.16. The summed E-state index contributed by atoms with van der Waals surface area (Å²) in [5.41, 5.74) is 0. The molecule has 2 heterocycles. The van der Waals surface area contributed by atoms with E-state index in [2.05, 4.69) is 10.2 Å². The molecular formula is C13H25N3O3. The number of hydrogen-bond donors (Lipinski definition) is 2. The van der Waals surface area contributed by atoms with Crippen LogP contribution in [0.2, 0.25) is 0 Å². The number of ether oxygens (including phenoxy) is 1. The van der Waals surface area contributed by atoms with Crippen LogP contribution in [0.3, 0.4) is 0 Å². The predicted octanol–water partition coefficient (Wildman–Crippen LogP) is -1.11. The van der Waals surface area contributed by atoms with Gasteiger partial charge in [-0.3, -0.25) is 9.69 Å². The van der Waals surface area contributed by atoms with Crippen LogP contribution in [0.25, 0.3) is 0 Å². The van der Waals surface area contributed by atoms with Gasteiger partial charge < -0.3 is 20.1 Å². The van der Waals surface area contributed by atoms with Crippen molar-refractivity contribution in [2.24, 2.45) is 0 Å². The van der Waals surface area contributed by atoms with E-state index in [9.17, 15) is 9.90 Å². The monoisotopic (exact) mass is 271 g/mol. The molecule has 0 spiro atoms.